The van der Waals surface area contributed by atoms with E-state index in [0.717, 1.165) is 16.7 Å². The van der Waals surface area contributed by atoms with Gasteiger partial charge < -0.3 is 14.4 Å². The number of ether oxygens (including phenoxy) is 2. The van der Waals surface area contributed by atoms with Gasteiger partial charge in [-0.2, -0.15) is 4.31 Å². The van der Waals surface area contributed by atoms with Gasteiger partial charge in [0.05, 0.1) is 11.3 Å². The third-order valence-electron chi connectivity index (χ3n) is 6.16. The van der Waals surface area contributed by atoms with Crippen LogP contribution in [-0.2, 0) is 21.2 Å². The number of hydrogen-bond acceptors (Lipinski definition) is 5. The highest BCUT2D eigenvalue weighted by atomic mass is 32.2. The first-order valence-electron chi connectivity index (χ1n) is 11.3. The predicted molar refractivity (Wildman–Crippen MR) is 128 cm³/mol. The van der Waals surface area contributed by atoms with Crippen molar-refractivity contribution in [1.82, 2.24) is 9.21 Å². The molecule has 0 spiro atoms. The van der Waals surface area contributed by atoms with Crippen molar-refractivity contribution in [2.24, 2.45) is 0 Å². The lowest BCUT2D eigenvalue weighted by Gasteiger charge is -2.34. The quantitative estimate of drug-likeness (QED) is 0.563. The Hall–Kier alpha value is -3.36. The maximum absolute atomic E-state index is 13.1. The van der Waals surface area contributed by atoms with Crippen molar-refractivity contribution in [2.45, 2.75) is 11.3 Å². The van der Waals surface area contributed by atoms with Crippen molar-refractivity contribution in [1.29, 1.82) is 0 Å². The molecule has 1 fully saturated rings. The Bertz CT molecular complexity index is 1270. The molecule has 5 rings (SSSR count). The van der Waals surface area contributed by atoms with E-state index in [-0.39, 0.29) is 23.9 Å². The molecule has 1 saturated heterocycles. The zero-order chi connectivity index (χ0) is 23.5. The van der Waals surface area contributed by atoms with Gasteiger partial charge in [0.15, 0.2) is 11.5 Å². The van der Waals surface area contributed by atoms with Gasteiger partial charge in [-0.25, -0.2) is 8.42 Å². The number of carbonyl (C=O) groups excluding carboxylic acids is 1. The van der Waals surface area contributed by atoms with Gasteiger partial charge in [0.25, 0.3) is 0 Å². The molecular weight excluding hydrogens is 452 g/mol. The summed E-state index contributed by atoms with van der Waals surface area (Å²) in [6, 6.07) is 22.8. The number of hydrogen-bond donors (Lipinski definition) is 0. The number of amides is 1. The van der Waals surface area contributed by atoms with Crippen molar-refractivity contribution in [3.05, 3.63) is 78.4 Å². The number of sulfonamides is 1. The first kappa shape index (κ1) is 22.4. The summed E-state index contributed by atoms with van der Waals surface area (Å²) in [4.78, 5) is 14.7. The van der Waals surface area contributed by atoms with Crippen molar-refractivity contribution in [3.63, 3.8) is 0 Å². The van der Waals surface area contributed by atoms with Gasteiger partial charge in [-0.1, -0.05) is 54.6 Å². The number of piperazine rings is 1. The molecule has 7 nitrogen and oxygen atoms in total. The van der Waals surface area contributed by atoms with Crippen LogP contribution in [0, 0.1) is 0 Å². The summed E-state index contributed by atoms with van der Waals surface area (Å²) >= 11 is 0. The van der Waals surface area contributed by atoms with Crippen molar-refractivity contribution >= 4 is 15.9 Å². The lowest BCUT2D eigenvalue weighted by Crippen LogP contribution is -2.50. The first-order valence-corrected chi connectivity index (χ1v) is 12.8. The molecule has 0 aliphatic carbocycles. The summed E-state index contributed by atoms with van der Waals surface area (Å²) in [6.07, 6.45) is 0.296. The number of benzene rings is 3. The molecule has 0 unspecified atom stereocenters. The van der Waals surface area contributed by atoms with Crippen LogP contribution >= 0.6 is 0 Å². The van der Waals surface area contributed by atoms with Crippen molar-refractivity contribution in [3.8, 4) is 22.6 Å². The third kappa shape index (κ3) is 4.64. The Morgan fingerprint density at radius 1 is 0.765 bits per heavy atom. The average molecular weight is 479 g/mol. The van der Waals surface area contributed by atoms with E-state index < -0.39 is 10.0 Å². The molecule has 2 heterocycles. The van der Waals surface area contributed by atoms with E-state index in [2.05, 4.69) is 12.1 Å². The molecule has 0 atom stereocenters. The highest BCUT2D eigenvalue weighted by Crippen LogP contribution is 2.33. The highest BCUT2D eigenvalue weighted by molar-refractivity contribution is 7.89. The molecule has 34 heavy (non-hydrogen) atoms. The topological polar surface area (TPSA) is 76.2 Å². The van der Waals surface area contributed by atoms with E-state index in [4.69, 9.17) is 9.47 Å². The van der Waals surface area contributed by atoms with Crippen LogP contribution in [0.5, 0.6) is 11.5 Å². The Balaban J connectivity index is 1.19. The maximum Gasteiger partial charge on any atom is 0.243 e. The fraction of sp³-hybridized carbons (Fsp3) is 0.269. The molecule has 8 heteroatoms. The van der Waals surface area contributed by atoms with Crippen LogP contribution in [0.25, 0.3) is 11.1 Å². The lowest BCUT2D eigenvalue weighted by molar-refractivity contribution is -0.131. The van der Waals surface area contributed by atoms with Crippen LogP contribution in [0.15, 0.2) is 77.7 Å². The van der Waals surface area contributed by atoms with Crippen LogP contribution < -0.4 is 9.47 Å². The lowest BCUT2D eigenvalue weighted by atomic mass is 10.0. The molecule has 0 radical (unpaired) electrons. The van der Waals surface area contributed by atoms with E-state index in [9.17, 15) is 13.2 Å². The van der Waals surface area contributed by atoms with E-state index >= 15 is 0 Å². The fourth-order valence-electron chi connectivity index (χ4n) is 4.24. The number of nitrogens with zero attached hydrogens (tertiary/aromatic N) is 2. The van der Waals surface area contributed by atoms with E-state index in [1.54, 1.807) is 17.0 Å². The van der Waals surface area contributed by atoms with Gasteiger partial charge >= 0.3 is 0 Å². The van der Waals surface area contributed by atoms with Gasteiger partial charge in [0, 0.05) is 32.2 Å². The van der Waals surface area contributed by atoms with Crippen LogP contribution in [0.3, 0.4) is 0 Å². The zero-order valence-electron chi connectivity index (χ0n) is 18.7. The fourth-order valence-corrected chi connectivity index (χ4v) is 5.68. The number of carbonyl (C=O) groups is 1. The van der Waals surface area contributed by atoms with E-state index in [0.29, 0.717) is 44.2 Å². The van der Waals surface area contributed by atoms with Crippen molar-refractivity contribution < 1.29 is 22.7 Å². The molecule has 0 N–H and O–H groups in total. The molecule has 0 saturated carbocycles. The Morgan fingerprint density at radius 2 is 1.41 bits per heavy atom. The van der Waals surface area contributed by atoms with Crippen LogP contribution in [0.4, 0.5) is 0 Å². The van der Waals surface area contributed by atoms with Gasteiger partial charge in [-0.05, 0) is 28.8 Å². The molecule has 0 aromatic heterocycles. The molecule has 3 aromatic rings. The van der Waals surface area contributed by atoms with Gasteiger partial charge in [-0.15, -0.1) is 0 Å². The molecule has 0 bridgehead atoms. The molecule has 2 aliphatic heterocycles. The third-order valence-corrected chi connectivity index (χ3v) is 8.05. The summed E-state index contributed by atoms with van der Waals surface area (Å²) in [5.74, 6) is 1.00. The average Bonchev–Trinajstić information content (AvgIpc) is 2.89. The van der Waals surface area contributed by atoms with Crippen LogP contribution in [0.1, 0.15) is 5.56 Å². The second kappa shape index (κ2) is 9.48. The molecule has 1 amide bonds. The Kier molecular flexibility index (Phi) is 6.26. The van der Waals surface area contributed by atoms with Gasteiger partial charge in [0.2, 0.25) is 15.9 Å². The molecular formula is C26H26N2O5S. The first-order chi connectivity index (χ1) is 16.5. The van der Waals surface area contributed by atoms with Crippen molar-refractivity contribution in [2.75, 3.05) is 39.4 Å². The molecule has 3 aromatic carbocycles. The Morgan fingerprint density at radius 3 is 2.12 bits per heavy atom. The standard InChI is InChI=1S/C26H26N2O5S/c29-26(18-20-6-8-22(9-7-20)21-4-2-1-3-5-21)27-12-14-28(15-13-27)34(30,31)23-10-11-24-25(19-23)33-17-16-32-24/h1-11,19H,12-18H2. The Labute approximate surface area is 199 Å². The summed E-state index contributed by atoms with van der Waals surface area (Å²) in [5.41, 5.74) is 3.18. The van der Waals surface area contributed by atoms with Crippen LogP contribution in [0.2, 0.25) is 0 Å². The minimum Gasteiger partial charge on any atom is -0.486 e. The zero-order valence-corrected chi connectivity index (χ0v) is 19.5. The van der Waals surface area contributed by atoms with E-state index in [1.807, 2.05) is 42.5 Å². The maximum atomic E-state index is 13.1. The smallest absolute Gasteiger partial charge is 0.243 e. The van der Waals surface area contributed by atoms with Gasteiger partial charge in [-0.3, -0.25) is 4.79 Å². The summed E-state index contributed by atoms with van der Waals surface area (Å²) in [5, 5.41) is 0. The minimum atomic E-state index is -3.67. The minimum absolute atomic E-state index is 0.00355. The number of fused-ring (bicyclic) bond motifs is 1. The molecule has 2 aliphatic rings. The summed E-state index contributed by atoms with van der Waals surface area (Å²) in [6.45, 7) is 2.10. The normalized spacial score (nSPS) is 16.3. The highest BCUT2D eigenvalue weighted by Gasteiger charge is 2.31. The van der Waals surface area contributed by atoms with Gasteiger partial charge in [0.1, 0.15) is 13.2 Å². The van der Waals surface area contributed by atoms with Crippen LogP contribution in [-0.4, -0.2) is 62.9 Å². The second-order valence-electron chi connectivity index (χ2n) is 8.33. The molecule has 176 valence electrons. The SMILES string of the molecule is O=C(Cc1ccc(-c2ccccc2)cc1)N1CCN(S(=O)(=O)c2ccc3c(c2)OCCO3)CC1. The van der Waals surface area contributed by atoms with E-state index in [1.165, 1.54) is 10.4 Å². The largest absolute Gasteiger partial charge is 0.486 e. The predicted octanol–water partition coefficient (Wildman–Crippen LogP) is 3.20. The summed E-state index contributed by atoms with van der Waals surface area (Å²) in [7, 11) is -3.67. The second-order valence-corrected chi connectivity index (χ2v) is 10.3. The number of rotatable bonds is 5. The monoisotopic (exact) mass is 478 g/mol. The summed E-state index contributed by atoms with van der Waals surface area (Å²) < 4.78 is 38.7.